The van der Waals surface area contributed by atoms with E-state index >= 15 is 0 Å². The number of likely N-dealkylation sites (tertiary alicyclic amines) is 1. The van der Waals surface area contributed by atoms with Crippen molar-refractivity contribution in [3.8, 4) is 0 Å². The third-order valence-corrected chi connectivity index (χ3v) is 9.68. The van der Waals surface area contributed by atoms with E-state index in [4.69, 9.17) is 4.74 Å². The number of aldehydes is 1. The standard InChI is InChI=1S/C31H44N2O4/c34-21-14-24-10-19-33(20-11-24)29(35)9-5-7-25-6-4-8-27(22-25)31(15-2-1-3-16-31)30(36)37-28-23-32-17-12-26(28)13-18-32/h4,6,8,21-22,24,26,28H,1-3,5,7,9-20,23H2. The molecular weight excluding hydrogens is 464 g/mol. The molecule has 37 heavy (non-hydrogen) atoms. The van der Waals surface area contributed by atoms with Gasteiger partial charge >= 0.3 is 5.97 Å². The van der Waals surface area contributed by atoms with Crippen molar-refractivity contribution in [3.05, 3.63) is 35.4 Å². The van der Waals surface area contributed by atoms with Crippen molar-refractivity contribution in [1.82, 2.24) is 9.80 Å². The topological polar surface area (TPSA) is 66.9 Å². The zero-order chi connectivity index (χ0) is 25.7. The highest BCUT2D eigenvalue weighted by Crippen LogP contribution is 2.42. The van der Waals surface area contributed by atoms with Crippen LogP contribution in [0.2, 0.25) is 0 Å². The fourth-order valence-electron chi connectivity index (χ4n) is 7.24. The molecular formula is C31H44N2O4. The summed E-state index contributed by atoms with van der Waals surface area (Å²) < 4.78 is 6.31. The summed E-state index contributed by atoms with van der Waals surface area (Å²) in [6.07, 6.45) is 13.1. The number of ether oxygens (including phenoxy) is 1. The van der Waals surface area contributed by atoms with E-state index < -0.39 is 5.41 Å². The Hall–Kier alpha value is -2.21. The Morgan fingerprint density at radius 2 is 1.76 bits per heavy atom. The van der Waals surface area contributed by atoms with Gasteiger partial charge in [0, 0.05) is 32.5 Å². The van der Waals surface area contributed by atoms with Crippen LogP contribution in [-0.2, 0) is 31.0 Å². The summed E-state index contributed by atoms with van der Waals surface area (Å²) in [6.45, 7) is 4.74. The van der Waals surface area contributed by atoms with E-state index in [1.54, 1.807) is 0 Å². The van der Waals surface area contributed by atoms with Gasteiger partial charge in [0.1, 0.15) is 12.4 Å². The van der Waals surface area contributed by atoms with Crippen molar-refractivity contribution in [1.29, 1.82) is 0 Å². The Morgan fingerprint density at radius 3 is 2.43 bits per heavy atom. The van der Waals surface area contributed by atoms with Gasteiger partial charge in [0.25, 0.3) is 0 Å². The van der Waals surface area contributed by atoms with E-state index in [2.05, 4.69) is 29.2 Å². The summed E-state index contributed by atoms with van der Waals surface area (Å²) >= 11 is 0. The number of benzene rings is 1. The second-order valence-electron chi connectivity index (χ2n) is 12.0. The van der Waals surface area contributed by atoms with Gasteiger partial charge in [0.2, 0.25) is 5.91 Å². The smallest absolute Gasteiger partial charge is 0.316 e. The molecule has 0 aromatic heterocycles. The molecule has 1 saturated carbocycles. The fourth-order valence-corrected chi connectivity index (χ4v) is 7.24. The van der Waals surface area contributed by atoms with Crippen LogP contribution in [0.1, 0.15) is 88.2 Å². The van der Waals surface area contributed by atoms with Gasteiger partial charge in [-0.3, -0.25) is 14.5 Å². The zero-order valence-electron chi connectivity index (χ0n) is 22.4. The van der Waals surface area contributed by atoms with E-state index in [0.717, 1.165) is 109 Å². The first-order valence-corrected chi connectivity index (χ1v) is 14.8. The molecule has 1 atom stereocenters. The Bertz CT molecular complexity index is 940. The van der Waals surface area contributed by atoms with E-state index in [0.29, 0.717) is 24.7 Å². The quantitative estimate of drug-likeness (QED) is 0.358. The van der Waals surface area contributed by atoms with E-state index in [-0.39, 0.29) is 18.0 Å². The highest BCUT2D eigenvalue weighted by Gasteiger charge is 2.45. The molecule has 1 amide bonds. The summed E-state index contributed by atoms with van der Waals surface area (Å²) in [4.78, 5) is 41.7. The van der Waals surface area contributed by atoms with Crippen LogP contribution in [0.15, 0.2) is 24.3 Å². The van der Waals surface area contributed by atoms with Gasteiger partial charge in [-0.2, -0.15) is 0 Å². The predicted molar refractivity (Wildman–Crippen MR) is 143 cm³/mol. The van der Waals surface area contributed by atoms with Crippen LogP contribution >= 0.6 is 0 Å². The lowest BCUT2D eigenvalue weighted by atomic mass is 9.69. The molecule has 2 bridgehead atoms. The monoisotopic (exact) mass is 508 g/mol. The highest BCUT2D eigenvalue weighted by atomic mass is 16.5. The van der Waals surface area contributed by atoms with Crippen LogP contribution in [0, 0.1) is 11.8 Å². The molecule has 0 N–H and O–H groups in total. The van der Waals surface area contributed by atoms with Crippen molar-refractivity contribution in [2.24, 2.45) is 11.8 Å². The minimum atomic E-state index is -0.526. The number of nitrogens with zero attached hydrogens (tertiary/aromatic N) is 2. The molecule has 1 aliphatic carbocycles. The summed E-state index contributed by atoms with van der Waals surface area (Å²) in [5.74, 6) is 1.19. The third-order valence-electron chi connectivity index (χ3n) is 9.68. The van der Waals surface area contributed by atoms with Crippen molar-refractivity contribution < 1.29 is 19.1 Å². The zero-order valence-corrected chi connectivity index (χ0v) is 22.4. The van der Waals surface area contributed by atoms with Gasteiger partial charge in [0.15, 0.2) is 0 Å². The highest BCUT2D eigenvalue weighted by molar-refractivity contribution is 5.83. The third kappa shape index (κ3) is 6.10. The van der Waals surface area contributed by atoms with Gasteiger partial charge in [-0.1, -0.05) is 43.5 Å². The van der Waals surface area contributed by atoms with Gasteiger partial charge in [0.05, 0.1) is 5.41 Å². The van der Waals surface area contributed by atoms with Gasteiger partial charge in [-0.25, -0.2) is 0 Å². The average Bonchev–Trinajstić information content (AvgIpc) is 2.95. The van der Waals surface area contributed by atoms with Gasteiger partial charge in [-0.05, 0) is 87.4 Å². The number of hydrogen-bond donors (Lipinski definition) is 0. The molecule has 6 nitrogen and oxygen atoms in total. The summed E-state index contributed by atoms with van der Waals surface area (Å²) in [5.41, 5.74) is 1.79. The molecule has 5 fully saturated rings. The van der Waals surface area contributed by atoms with Crippen molar-refractivity contribution >= 4 is 18.2 Å². The predicted octanol–water partition coefficient (Wildman–Crippen LogP) is 4.68. The molecule has 6 rings (SSSR count). The lowest BCUT2D eigenvalue weighted by Crippen LogP contribution is -2.53. The van der Waals surface area contributed by atoms with Crippen molar-refractivity contribution in [3.63, 3.8) is 0 Å². The SMILES string of the molecule is O=CCC1CCN(C(=O)CCCc2cccc(C3(C(=O)OC4CN5CCC4CC5)CCCCC3)c2)CC1. The number of fused-ring (bicyclic) bond motifs is 3. The number of hydrogen-bond acceptors (Lipinski definition) is 5. The molecule has 1 aromatic rings. The second kappa shape index (κ2) is 12.1. The lowest BCUT2D eigenvalue weighted by molar-refractivity contribution is -0.167. The minimum Gasteiger partial charge on any atom is -0.460 e. The van der Waals surface area contributed by atoms with Crippen LogP contribution < -0.4 is 0 Å². The normalized spacial score (nSPS) is 27.6. The minimum absolute atomic E-state index is 0.00346. The first-order chi connectivity index (χ1) is 18.1. The molecule has 0 radical (unpaired) electrons. The van der Waals surface area contributed by atoms with Crippen LogP contribution in [0.4, 0.5) is 0 Å². The van der Waals surface area contributed by atoms with Crippen LogP contribution in [0.5, 0.6) is 0 Å². The molecule has 4 saturated heterocycles. The van der Waals surface area contributed by atoms with E-state index in [9.17, 15) is 14.4 Å². The number of rotatable bonds is 9. The van der Waals surface area contributed by atoms with Crippen LogP contribution in [-0.4, -0.2) is 66.8 Å². The molecule has 4 aliphatic heterocycles. The fraction of sp³-hybridized carbons (Fsp3) is 0.710. The second-order valence-corrected chi connectivity index (χ2v) is 12.0. The first-order valence-electron chi connectivity index (χ1n) is 14.8. The summed E-state index contributed by atoms with van der Waals surface area (Å²) in [7, 11) is 0. The average molecular weight is 509 g/mol. The number of esters is 1. The summed E-state index contributed by atoms with van der Waals surface area (Å²) in [5, 5.41) is 0. The maximum Gasteiger partial charge on any atom is 0.316 e. The molecule has 4 heterocycles. The number of amides is 1. The largest absolute Gasteiger partial charge is 0.460 e. The van der Waals surface area contributed by atoms with Gasteiger partial charge in [-0.15, -0.1) is 0 Å². The molecule has 202 valence electrons. The Balaban J connectivity index is 1.19. The molecule has 1 aromatic carbocycles. The van der Waals surface area contributed by atoms with Crippen LogP contribution in [0.25, 0.3) is 0 Å². The molecule has 1 unspecified atom stereocenters. The van der Waals surface area contributed by atoms with Gasteiger partial charge < -0.3 is 14.4 Å². The number of carbonyl (C=O) groups excluding carboxylic acids is 3. The number of piperidine rings is 4. The molecule has 0 spiro atoms. The maximum absolute atomic E-state index is 13.8. The Kier molecular flexibility index (Phi) is 8.63. The van der Waals surface area contributed by atoms with Crippen molar-refractivity contribution in [2.45, 2.75) is 95.0 Å². The van der Waals surface area contributed by atoms with E-state index in [1.807, 2.05) is 4.90 Å². The lowest BCUT2D eigenvalue weighted by Gasteiger charge is -2.45. The maximum atomic E-state index is 13.8. The first kappa shape index (κ1) is 26.4. The van der Waals surface area contributed by atoms with Crippen LogP contribution in [0.3, 0.4) is 0 Å². The number of aryl methyl sites for hydroxylation is 1. The Morgan fingerprint density at radius 1 is 1.00 bits per heavy atom. The van der Waals surface area contributed by atoms with Crippen molar-refractivity contribution in [2.75, 3.05) is 32.7 Å². The van der Waals surface area contributed by atoms with E-state index in [1.165, 1.54) is 12.0 Å². The molecule has 6 heteroatoms. The summed E-state index contributed by atoms with van der Waals surface area (Å²) in [6, 6.07) is 8.57. The number of carbonyl (C=O) groups is 3. The molecule has 5 aliphatic rings. The Labute approximate surface area is 222 Å².